The Labute approximate surface area is 192 Å². The number of non-ortho nitro benzene ring substituents is 1. The summed E-state index contributed by atoms with van der Waals surface area (Å²) in [5, 5.41) is 16.5. The summed E-state index contributed by atoms with van der Waals surface area (Å²) in [6.07, 6.45) is 3.41. The summed E-state index contributed by atoms with van der Waals surface area (Å²) in [7, 11) is 0. The zero-order valence-electron chi connectivity index (χ0n) is 17.7. The number of carbonyl (C=O) groups excluding carboxylic acids is 4. The Bertz CT molecular complexity index is 1210. The molecule has 1 unspecified atom stereocenters. The number of nitrogens with one attached hydrogen (secondary N) is 2. The maximum atomic E-state index is 13.1. The number of nitrogens with zero attached hydrogens (tertiary/aromatic N) is 2. The fourth-order valence-corrected chi connectivity index (χ4v) is 5.50. The van der Waals surface area contributed by atoms with Gasteiger partial charge in [-0.15, -0.1) is 11.3 Å². The van der Waals surface area contributed by atoms with Gasteiger partial charge in [-0.2, -0.15) is 0 Å². The third-order valence-corrected chi connectivity index (χ3v) is 7.09. The minimum atomic E-state index is -1.57. The van der Waals surface area contributed by atoms with Gasteiger partial charge in [0.2, 0.25) is 5.91 Å². The van der Waals surface area contributed by atoms with Crippen LogP contribution in [-0.2, 0) is 28.0 Å². The minimum absolute atomic E-state index is 0.222. The summed E-state index contributed by atoms with van der Waals surface area (Å²) >= 11 is 1.28. The fraction of sp³-hybridized carbons (Fsp3) is 0.333. The van der Waals surface area contributed by atoms with Gasteiger partial charge >= 0.3 is 6.03 Å². The Morgan fingerprint density at radius 1 is 1.30 bits per heavy atom. The van der Waals surface area contributed by atoms with Crippen molar-refractivity contribution in [2.75, 3.05) is 11.9 Å². The van der Waals surface area contributed by atoms with Gasteiger partial charge in [0.25, 0.3) is 17.5 Å². The first-order valence-corrected chi connectivity index (χ1v) is 11.1. The molecule has 1 aliphatic heterocycles. The van der Waals surface area contributed by atoms with Gasteiger partial charge in [0.1, 0.15) is 17.1 Å². The molecule has 33 heavy (non-hydrogen) atoms. The highest BCUT2D eigenvalue weighted by atomic mass is 32.1. The molecule has 172 valence electrons. The molecule has 11 nitrogen and oxygen atoms in total. The van der Waals surface area contributed by atoms with Crippen LogP contribution < -0.4 is 16.4 Å². The van der Waals surface area contributed by atoms with Crippen molar-refractivity contribution in [3.63, 3.8) is 0 Å². The van der Waals surface area contributed by atoms with Crippen molar-refractivity contribution < 1.29 is 24.1 Å². The molecule has 1 aromatic heterocycles. The molecule has 1 fully saturated rings. The highest BCUT2D eigenvalue weighted by Crippen LogP contribution is 2.38. The number of imide groups is 1. The molecule has 0 bridgehead atoms. The van der Waals surface area contributed by atoms with Gasteiger partial charge < -0.3 is 16.4 Å². The Balaban J connectivity index is 1.54. The van der Waals surface area contributed by atoms with Crippen LogP contribution in [0.2, 0.25) is 0 Å². The molecule has 0 spiro atoms. The number of primary amides is 1. The zero-order valence-corrected chi connectivity index (χ0v) is 18.5. The number of urea groups is 1. The first-order valence-electron chi connectivity index (χ1n) is 10.2. The number of benzene rings is 1. The number of rotatable bonds is 6. The quantitative estimate of drug-likeness (QED) is 0.331. The van der Waals surface area contributed by atoms with Crippen LogP contribution in [0.15, 0.2) is 24.3 Å². The second-order valence-electron chi connectivity index (χ2n) is 8.08. The number of hydrogen-bond donors (Lipinski definition) is 3. The smallest absolute Gasteiger partial charge is 0.325 e. The molecule has 5 amide bonds. The summed E-state index contributed by atoms with van der Waals surface area (Å²) in [5.41, 5.74) is 5.10. The number of aryl methyl sites for hydroxylation is 1. The van der Waals surface area contributed by atoms with E-state index in [9.17, 15) is 29.3 Å². The molecular weight excluding hydrogens is 450 g/mol. The third-order valence-electron chi connectivity index (χ3n) is 5.88. The Hall–Kier alpha value is -3.80. The van der Waals surface area contributed by atoms with Crippen LogP contribution in [0.3, 0.4) is 0 Å². The first-order chi connectivity index (χ1) is 15.6. The average molecular weight is 471 g/mol. The van der Waals surface area contributed by atoms with Crippen LogP contribution in [0, 0.1) is 10.1 Å². The lowest BCUT2D eigenvalue weighted by molar-refractivity contribution is -0.385. The topological polar surface area (TPSA) is 165 Å². The van der Waals surface area contributed by atoms with E-state index in [1.165, 1.54) is 42.5 Å². The normalized spacial score (nSPS) is 19.7. The summed E-state index contributed by atoms with van der Waals surface area (Å²) in [4.78, 5) is 62.5. The van der Waals surface area contributed by atoms with E-state index in [1.807, 2.05) is 0 Å². The molecule has 1 aliphatic carbocycles. The molecule has 2 aromatic rings. The molecular formula is C21H21N5O6S. The van der Waals surface area contributed by atoms with E-state index in [0.717, 1.165) is 34.6 Å². The van der Waals surface area contributed by atoms with Crippen molar-refractivity contribution in [3.05, 3.63) is 55.9 Å². The number of thiophene rings is 1. The van der Waals surface area contributed by atoms with E-state index < -0.39 is 40.8 Å². The molecule has 4 rings (SSSR count). The number of nitrogens with two attached hydrogens (primary N) is 1. The summed E-state index contributed by atoms with van der Waals surface area (Å²) in [5.74, 6) is -2.02. The largest absolute Gasteiger partial charge is 0.365 e. The van der Waals surface area contributed by atoms with Crippen LogP contribution in [0.25, 0.3) is 0 Å². The SMILES string of the molecule is CC1(c2cccc([N+](=O)[O-])c2)NC(=O)N(CC(=O)Nc2sc3c(c2C(N)=O)CCCC3)C1=O. The van der Waals surface area contributed by atoms with Gasteiger partial charge in [-0.25, -0.2) is 4.79 Å². The highest BCUT2D eigenvalue weighted by Gasteiger charge is 2.50. The van der Waals surface area contributed by atoms with Gasteiger partial charge in [-0.05, 0) is 43.7 Å². The predicted molar refractivity (Wildman–Crippen MR) is 119 cm³/mol. The van der Waals surface area contributed by atoms with Gasteiger partial charge in [0, 0.05) is 17.0 Å². The van der Waals surface area contributed by atoms with Gasteiger partial charge in [-0.1, -0.05) is 12.1 Å². The Morgan fingerprint density at radius 3 is 2.73 bits per heavy atom. The maximum absolute atomic E-state index is 13.1. The second-order valence-corrected chi connectivity index (χ2v) is 9.19. The molecule has 1 aromatic carbocycles. The molecule has 4 N–H and O–H groups in total. The zero-order chi connectivity index (χ0) is 23.9. The molecule has 12 heteroatoms. The van der Waals surface area contributed by atoms with Crippen LogP contribution in [0.5, 0.6) is 0 Å². The molecule has 0 saturated carbocycles. The van der Waals surface area contributed by atoms with Crippen LogP contribution in [0.1, 0.15) is 46.1 Å². The number of fused-ring (bicyclic) bond motifs is 1. The van der Waals surface area contributed by atoms with E-state index >= 15 is 0 Å². The Morgan fingerprint density at radius 2 is 2.03 bits per heavy atom. The lowest BCUT2D eigenvalue weighted by Crippen LogP contribution is -2.42. The van der Waals surface area contributed by atoms with E-state index in [0.29, 0.717) is 11.4 Å². The van der Waals surface area contributed by atoms with Gasteiger partial charge in [0.15, 0.2) is 0 Å². The standard InChI is InChI=1S/C21H21N5O6S/c1-21(11-5-4-6-12(9-11)26(31)32)19(29)25(20(30)24-21)10-15(27)23-18-16(17(22)28)13-7-2-3-8-14(13)33-18/h4-6,9H,2-3,7-8,10H2,1H3,(H2,22,28)(H,23,27)(H,24,30). The summed E-state index contributed by atoms with van der Waals surface area (Å²) in [6, 6.07) is 4.58. The summed E-state index contributed by atoms with van der Waals surface area (Å²) < 4.78 is 0. The summed E-state index contributed by atoms with van der Waals surface area (Å²) in [6.45, 7) is 0.832. The van der Waals surface area contributed by atoms with Crippen molar-refractivity contribution in [3.8, 4) is 0 Å². The number of hydrogen-bond acceptors (Lipinski definition) is 7. The lowest BCUT2D eigenvalue weighted by atomic mass is 9.91. The number of anilines is 1. The number of nitro groups is 1. The van der Waals surface area contributed by atoms with Crippen molar-refractivity contribution in [1.29, 1.82) is 0 Å². The van der Waals surface area contributed by atoms with Crippen LogP contribution in [0.4, 0.5) is 15.5 Å². The first kappa shape index (κ1) is 22.4. The van der Waals surface area contributed by atoms with E-state index in [2.05, 4.69) is 10.6 Å². The number of carbonyl (C=O) groups is 4. The minimum Gasteiger partial charge on any atom is -0.365 e. The molecule has 1 saturated heterocycles. The molecule has 1 atom stereocenters. The van der Waals surface area contributed by atoms with Gasteiger partial charge in [0.05, 0.1) is 10.5 Å². The van der Waals surface area contributed by atoms with E-state index in [4.69, 9.17) is 5.73 Å². The van der Waals surface area contributed by atoms with E-state index in [1.54, 1.807) is 0 Å². The number of nitro benzene ring substituents is 1. The predicted octanol–water partition coefficient (Wildman–Crippen LogP) is 2.04. The van der Waals surface area contributed by atoms with Crippen LogP contribution >= 0.6 is 11.3 Å². The number of amides is 5. The second kappa shape index (κ2) is 8.28. The lowest BCUT2D eigenvalue weighted by Gasteiger charge is -2.22. The van der Waals surface area contributed by atoms with Crippen LogP contribution in [-0.4, -0.2) is 40.1 Å². The average Bonchev–Trinajstić information content (AvgIpc) is 3.24. The molecule has 2 aliphatic rings. The molecule has 2 heterocycles. The van der Waals surface area contributed by atoms with E-state index in [-0.39, 0.29) is 16.8 Å². The van der Waals surface area contributed by atoms with Crippen molar-refractivity contribution in [2.45, 2.75) is 38.1 Å². The Kier molecular flexibility index (Phi) is 5.62. The highest BCUT2D eigenvalue weighted by molar-refractivity contribution is 7.17. The van der Waals surface area contributed by atoms with Crippen molar-refractivity contribution >= 4 is 45.8 Å². The van der Waals surface area contributed by atoms with Crippen molar-refractivity contribution in [1.82, 2.24) is 10.2 Å². The van der Waals surface area contributed by atoms with Crippen molar-refractivity contribution in [2.24, 2.45) is 5.73 Å². The van der Waals surface area contributed by atoms with Gasteiger partial charge in [-0.3, -0.25) is 29.4 Å². The third kappa shape index (κ3) is 3.93. The fourth-order valence-electron chi connectivity index (χ4n) is 4.19. The monoisotopic (exact) mass is 471 g/mol. The maximum Gasteiger partial charge on any atom is 0.325 e. The molecule has 0 radical (unpaired) electrons.